The minimum absolute atomic E-state index is 0.231. The van der Waals surface area contributed by atoms with E-state index in [2.05, 4.69) is 16.9 Å². The van der Waals surface area contributed by atoms with Crippen LogP contribution < -0.4 is 0 Å². The summed E-state index contributed by atoms with van der Waals surface area (Å²) in [4.78, 5) is 7.17. The maximum atomic E-state index is 6.10. The van der Waals surface area contributed by atoms with Crippen LogP contribution in [-0.2, 0) is 0 Å². The van der Waals surface area contributed by atoms with Crippen molar-refractivity contribution in [3.63, 3.8) is 0 Å². The summed E-state index contributed by atoms with van der Waals surface area (Å²) in [5, 5.41) is 0.794. The highest BCUT2D eigenvalue weighted by Crippen LogP contribution is 2.27. The SMILES string of the molecule is CC(c1c[nH]cn1)c1ccccc1Cl. The number of halogens is 1. The lowest BCUT2D eigenvalue weighted by Crippen LogP contribution is -1.96. The number of aromatic nitrogens is 2. The van der Waals surface area contributed by atoms with Gasteiger partial charge in [0.05, 0.1) is 12.0 Å². The Kier molecular flexibility index (Phi) is 2.55. The molecule has 0 amide bonds. The second-order valence-corrected chi connectivity index (χ2v) is 3.64. The molecule has 3 heteroatoms. The van der Waals surface area contributed by atoms with E-state index >= 15 is 0 Å². The van der Waals surface area contributed by atoms with E-state index in [-0.39, 0.29) is 5.92 Å². The third-order valence-electron chi connectivity index (χ3n) is 2.33. The number of rotatable bonds is 2. The quantitative estimate of drug-likeness (QED) is 0.803. The molecular formula is C11H11ClN2. The fourth-order valence-electron chi connectivity index (χ4n) is 1.49. The number of benzene rings is 1. The molecule has 2 rings (SSSR count). The molecule has 72 valence electrons. The van der Waals surface area contributed by atoms with Gasteiger partial charge in [-0.3, -0.25) is 0 Å². The van der Waals surface area contributed by atoms with Crippen LogP contribution in [-0.4, -0.2) is 9.97 Å². The molecule has 0 aliphatic carbocycles. The zero-order valence-electron chi connectivity index (χ0n) is 7.87. The summed E-state index contributed by atoms with van der Waals surface area (Å²) in [6.07, 6.45) is 3.58. The highest BCUT2D eigenvalue weighted by atomic mass is 35.5. The smallest absolute Gasteiger partial charge is 0.0923 e. The van der Waals surface area contributed by atoms with Crippen molar-refractivity contribution >= 4 is 11.6 Å². The van der Waals surface area contributed by atoms with E-state index in [4.69, 9.17) is 11.6 Å². The van der Waals surface area contributed by atoms with E-state index in [1.54, 1.807) is 6.33 Å². The Morgan fingerprint density at radius 3 is 2.79 bits per heavy atom. The number of hydrogen-bond donors (Lipinski definition) is 1. The third kappa shape index (κ3) is 1.66. The molecular weight excluding hydrogens is 196 g/mol. The van der Waals surface area contributed by atoms with Crippen molar-refractivity contribution in [1.29, 1.82) is 0 Å². The van der Waals surface area contributed by atoms with Gasteiger partial charge in [0.1, 0.15) is 0 Å². The largest absolute Gasteiger partial charge is 0.351 e. The monoisotopic (exact) mass is 206 g/mol. The van der Waals surface area contributed by atoms with Crippen LogP contribution >= 0.6 is 11.6 Å². The van der Waals surface area contributed by atoms with Crippen LogP contribution in [0.4, 0.5) is 0 Å². The molecule has 1 heterocycles. The van der Waals surface area contributed by atoms with Crippen LogP contribution in [0.25, 0.3) is 0 Å². The number of nitrogens with zero attached hydrogens (tertiary/aromatic N) is 1. The fraction of sp³-hybridized carbons (Fsp3) is 0.182. The van der Waals surface area contributed by atoms with Crippen LogP contribution in [0.1, 0.15) is 24.1 Å². The molecule has 0 saturated carbocycles. The highest BCUT2D eigenvalue weighted by molar-refractivity contribution is 6.31. The lowest BCUT2D eigenvalue weighted by molar-refractivity contribution is 0.883. The molecule has 0 fully saturated rings. The van der Waals surface area contributed by atoms with Crippen LogP contribution in [0.3, 0.4) is 0 Å². The number of nitrogens with one attached hydrogen (secondary N) is 1. The van der Waals surface area contributed by atoms with Crippen molar-refractivity contribution in [2.75, 3.05) is 0 Å². The second-order valence-electron chi connectivity index (χ2n) is 3.24. The Balaban J connectivity index is 2.37. The number of aromatic amines is 1. The van der Waals surface area contributed by atoms with E-state index in [0.717, 1.165) is 16.3 Å². The zero-order valence-corrected chi connectivity index (χ0v) is 8.62. The van der Waals surface area contributed by atoms with Crippen molar-refractivity contribution in [3.05, 3.63) is 53.1 Å². The Labute approximate surface area is 88.0 Å². The van der Waals surface area contributed by atoms with E-state index in [1.807, 2.05) is 30.5 Å². The minimum Gasteiger partial charge on any atom is -0.351 e. The number of imidazole rings is 1. The average molecular weight is 207 g/mol. The highest BCUT2D eigenvalue weighted by Gasteiger charge is 2.12. The van der Waals surface area contributed by atoms with Crippen molar-refractivity contribution in [1.82, 2.24) is 9.97 Å². The Morgan fingerprint density at radius 2 is 2.14 bits per heavy atom. The summed E-state index contributed by atoms with van der Waals surface area (Å²) in [5.74, 6) is 0.231. The Hall–Kier alpha value is -1.28. The molecule has 14 heavy (non-hydrogen) atoms. The normalized spacial score (nSPS) is 12.7. The summed E-state index contributed by atoms with van der Waals surface area (Å²) >= 11 is 6.10. The maximum Gasteiger partial charge on any atom is 0.0923 e. The fourth-order valence-corrected chi connectivity index (χ4v) is 1.79. The lowest BCUT2D eigenvalue weighted by atomic mass is 9.98. The zero-order chi connectivity index (χ0) is 9.97. The molecule has 1 aromatic heterocycles. The van der Waals surface area contributed by atoms with Gasteiger partial charge >= 0.3 is 0 Å². The van der Waals surface area contributed by atoms with Gasteiger partial charge in [-0.15, -0.1) is 0 Å². The van der Waals surface area contributed by atoms with E-state index in [0.29, 0.717) is 0 Å². The molecule has 2 nitrogen and oxygen atoms in total. The first kappa shape index (κ1) is 9.28. The molecule has 1 N–H and O–H groups in total. The summed E-state index contributed by atoms with van der Waals surface area (Å²) in [7, 11) is 0. The van der Waals surface area contributed by atoms with Gasteiger partial charge in [-0.1, -0.05) is 36.7 Å². The Morgan fingerprint density at radius 1 is 1.36 bits per heavy atom. The average Bonchev–Trinajstić information content (AvgIpc) is 2.70. The molecule has 2 aromatic rings. The Bertz CT molecular complexity index is 409. The van der Waals surface area contributed by atoms with Gasteiger partial charge in [0.15, 0.2) is 0 Å². The molecule has 1 aromatic carbocycles. The third-order valence-corrected chi connectivity index (χ3v) is 2.68. The van der Waals surface area contributed by atoms with Crippen molar-refractivity contribution in [2.24, 2.45) is 0 Å². The standard InChI is InChI=1S/C11H11ClN2/c1-8(11-6-13-7-14-11)9-4-2-3-5-10(9)12/h2-8H,1H3,(H,13,14). The molecule has 1 atom stereocenters. The van der Waals surface area contributed by atoms with Gasteiger partial charge in [-0.05, 0) is 11.6 Å². The van der Waals surface area contributed by atoms with E-state index in [1.165, 1.54) is 0 Å². The van der Waals surface area contributed by atoms with Gasteiger partial charge < -0.3 is 4.98 Å². The number of H-pyrrole nitrogens is 1. The predicted molar refractivity (Wildman–Crippen MR) is 57.6 cm³/mol. The predicted octanol–water partition coefficient (Wildman–Crippen LogP) is 3.21. The van der Waals surface area contributed by atoms with Gasteiger partial charge in [-0.25, -0.2) is 4.98 Å². The molecule has 0 bridgehead atoms. The van der Waals surface area contributed by atoms with Gasteiger partial charge in [0.2, 0.25) is 0 Å². The van der Waals surface area contributed by atoms with Crippen LogP contribution in [0, 0.1) is 0 Å². The second kappa shape index (κ2) is 3.84. The van der Waals surface area contributed by atoms with Crippen molar-refractivity contribution in [3.8, 4) is 0 Å². The molecule has 0 aliphatic heterocycles. The van der Waals surface area contributed by atoms with Crippen LogP contribution in [0.15, 0.2) is 36.8 Å². The van der Waals surface area contributed by atoms with Crippen LogP contribution in [0.5, 0.6) is 0 Å². The van der Waals surface area contributed by atoms with Crippen molar-refractivity contribution < 1.29 is 0 Å². The first-order chi connectivity index (χ1) is 6.79. The number of hydrogen-bond acceptors (Lipinski definition) is 1. The van der Waals surface area contributed by atoms with Gasteiger partial charge in [0, 0.05) is 17.1 Å². The lowest BCUT2D eigenvalue weighted by Gasteiger charge is -2.10. The van der Waals surface area contributed by atoms with Crippen LogP contribution in [0.2, 0.25) is 5.02 Å². The molecule has 0 spiro atoms. The molecule has 1 unspecified atom stereocenters. The van der Waals surface area contributed by atoms with E-state index in [9.17, 15) is 0 Å². The summed E-state index contributed by atoms with van der Waals surface area (Å²) in [6.45, 7) is 2.09. The van der Waals surface area contributed by atoms with Gasteiger partial charge in [0.25, 0.3) is 0 Å². The maximum absolute atomic E-state index is 6.10. The first-order valence-electron chi connectivity index (χ1n) is 4.52. The minimum atomic E-state index is 0.231. The molecule has 0 saturated heterocycles. The van der Waals surface area contributed by atoms with E-state index < -0.39 is 0 Å². The molecule has 0 radical (unpaired) electrons. The summed E-state index contributed by atoms with van der Waals surface area (Å²) in [6, 6.07) is 7.86. The van der Waals surface area contributed by atoms with Crippen molar-refractivity contribution in [2.45, 2.75) is 12.8 Å². The van der Waals surface area contributed by atoms with Gasteiger partial charge in [-0.2, -0.15) is 0 Å². The summed E-state index contributed by atoms with van der Waals surface area (Å²) in [5.41, 5.74) is 2.12. The molecule has 0 aliphatic rings. The summed E-state index contributed by atoms with van der Waals surface area (Å²) < 4.78 is 0. The topological polar surface area (TPSA) is 28.7 Å². The first-order valence-corrected chi connectivity index (χ1v) is 4.90.